The van der Waals surface area contributed by atoms with E-state index in [-0.39, 0.29) is 6.61 Å². The molecule has 0 aromatic heterocycles. The molecule has 0 aliphatic carbocycles. The lowest BCUT2D eigenvalue weighted by Crippen LogP contribution is -2.47. The first-order valence-electron chi connectivity index (χ1n) is 6.24. The van der Waals surface area contributed by atoms with E-state index < -0.39 is 23.9 Å². The molecule has 5 heteroatoms. The second-order valence-corrected chi connectivity index (χ2v) is 4.40. The smallest absolute Gasteiger partial charge is 0.331 e. The van der Waals surface area contributed by atoms with Gasteiger partial charge in [0.05, 0.1) is 13.0 Å². The SMILES string of the molecule is CCCCOC(=O)C(N)(CC(=O)O)c1ccccc1. The van der Waals surface area contributed by atoms with Crippen LogP contribution in [-0.2, 0) is 19.9 Å². The van der Waals surface area contributed by atoms with Crippen molar-refractivity contribution in [3.05, 3.63) is 35.9 Å². The van der Waals surface area contributed by atoms with Crippen LogP contribution in [0.4, 0.5) is 0 Å². The van der Waals surface area contributed by atoms with E-state index in [9.17, 15) is 9.59 Å². The molecule has 0 amide bonds. The van der Waals surface area contributed by atoms with Crippen LogP contribution < -0.4 is 5.73 Å². The molecule has 0 heterocycles. The fraction of sp³-hybridized carbons (Fsp3) is 0.429. The molecule has 0 radical (unpaired) electrons. The number of carbonyl (C=O) groups excluding carboxylic acids is 1. The van der Waals surface area contributed by atoms with Crippen molar-refractivity contribution in [2.45, 2.75) is 31.7 Å². The molecule has 0 aliphatic heterocycles. The van der Waals surface area contributed by atoms with Gasteiger partial charge in [-0.3, -0.25) is 4.79 Å². The molecule has 19 heavy (non-hydrogen) atoms. The standard InChI is InChI=1S/C14H19NO4/c1-2-3-9-19-13(18)14(15,10-12(16)17)11-7-5-4-6-8-11/h4-8H,2-3,9-10,15H2,1H3,(H,16,17). The normalized spacial score (nSPS) is 13.6. The third kappa shape index (κ3) is 4.06. The summed E-state index contributed by atoms with van der Waals surface area (Å²) in [6, 6.07) is 8.44. The van der Waals surface area contributed by atoms with Gasteiger partial charge in [-0.2, -0.15) is 0 Å². The summed E-state index contributed by atoms with van der Waals surface area (Å²) in [5.41, 5.74) is 4.80. The van der Waals surface area contributed by atoms with E-state index in [2.05, 4.69) is 0 Å². The Morgan fingerprint density at radius 3 is 2.47 bits per heavy atom. The first kappa shape index (κ1) is 15.2. The Morgan fingerprint density at radius 2 is 1.95 bits per heavy atom. The van der Waals surface area contributed by atoms with Crippen molar-refractivity contribution in [2.24, 2.45) is 5.73 Å². The van der Waals surface area contributed by atoms with Crippen molar-refractivity contribution >= 4 is 11.9 Å². The van der Waals surface area contributed by atoms with Gasteiger partial charge in [-0.1, -0.05) is 43.7 Å². The molecule has 0 saturated heterocycles. The maximum absolute atomic E-state index is 12.1. The number of nitrogens with two attached hydrogens (primary N) is 1. The second-order valence-electron chi connectivity index (χ2n) is 4.40. The molecule has 1 unspecified atom stereocenters. The van der Waals surface area contributed by atoms with E-state index in [0.29, 0.717) is 5.56 Å². The summed E-state index contributed by atoms with van der Waals surface area (Å²) in [4.78, 5) is 23.0. The van der Waals surface area contributed by atoms with Crippen molar-refractivity contribution in [3.8, 4) is 0 Å². The van der Waals surface area contributed by atoms with E-state index >= 15 is 0 Å². The van der Waals surface area contributed by atoms with Crippen LogP contribution in [0, 0.1) is 0 Å². The lowest BCUT2D eigenvalue weighted by Gasteiger charge is -2.26. The van der Waals surface area contributed by atoms with Gasteiger partial charge in [0.15, 0.2) is 5.54 Å². The summed E-state index contributed by atoms with van der Waals surface area (Å²) < 4.78 is 5.08. The molecule has 0 bridgehead atoms. The predicted molar refractivity (Wildman–Crippen MR) is 70.4 cm³/mol. The van der Waals surface area contributed by atoms with Gasteiger partial charge in [0.25, 0.3) is 0 Å². The number of hydrogen-bond acceptors (Lipinski definition) is 4. The van der Waals surface area contributed by atoms with Gasteiger partial charge in [0.1, 0.15) is 0 Å². The molecule has 3 N–H and O–H groups in total. The maximum atomic E-state index is 12.1. The van der Waals surface area contributed by atoms with E-state index in [1.54, 1.807) is 30.3 Å². The minimum absolute atomic E-state index is 0.251. The maximum Gasteiger partial charge on any atom is 0.331 e. The molecule has 0 fully saturated rings. The van der Waals surface area contributed by atoms with E-state index in [4.69, 9.17) is 15.6 Å². The number of benzene rings is 1. The summed E-state index contributed by atoms with van der Waals surface area (Å²) in [5.74, 6) is -1.84. The molecule has 1 atom stereocenters. The number of carboxylic acids is 1. The summed E-state index contributed by atoms with van der Waals surface area (Å²) in [5, 5.41) is 8.94. The number of ether oxygens (including phenoxy) is 1. The highest BCUT2D eigenvalue weighted by atomic mass is 16.5. The third-order valence-corrected chi connectivity index (χ3v) is 2.81. The molecular weight excluding hydrogens is 246 g/mol. The first-order chi connectivity index (χ1) is 9.00. The van der Waals surface area contributed by atoms with E-state index in [1.807, 2.05) is 6.92 Å². The topological polar surface area (TPSA) is 89.6 Å². The van der Waals surface area contributed by atoms with Crippen molar-refractivity contribution in [2.75, 3.05) is 6.61 Å². The Bertz CT molecular complexity index is 432. The van der Waals surface area contributed by atoms with Gasteiger partial charge in [-0.25, -0.2) is 4.79 Å². The minimum Gasteiger partial charge on any atom is -0.481 e. The Morgan fingerprint density at radius 1 is 1.32 bits per heavy atom. The highest BCUT2D eigenvalue weighted by Gasteiger charge is 2.39. The monoisotopic (exact) mass is 265 g/mol. The molecule has 0 aliphatic rings. The number of carboxylic acid groups (broad SMARTS) is 1. The largest absolute Gasteiger partial charge is 0.481 e. The average Bonchev–Trinajstić information content (AvgIpc) is 2.39. The lowest BCUT2D eigenvalue weighted by molar-refractivity contribution is -0.155. The zero-order valence-corrected chi connectivity index (χ0v) is 11.0. The molecule has 1 aromatic carbocycles. The molecule has 0 spiro atoms. The van der Waals surface area contributed by atoms with Crippen molar-refractivity contribution in [1.82, 2.24) is 0 Å². The zero-order chi connectivity index (χ0) is 14.3. The van der Waals surface area contributed by atoms with Gasteiger partial charge >= 0.3 is 11.9 Å². The summed E-state index contributed by atoms with van der Waals surface area (Å²) in [6.07, 6.45) is 1.11. The molecule has 1 rings (SSSR count). The van der Waals surface area contributed by atoms with Crippen LogP contribution in [0.2, 0.25) is 0 Å². The van der Waals surface area contributed by atoms with E-state index in [1.165, 1.54) is 0 Å². The molecule has 1 aromatic rings. The Kier molecular flexibility index (Phi) is 5.51. The van der Waals surface area contributed by atoms with Gasteiger partial charge in [-0.05, 0) is 12.0 Å². The van der Waals surface area contributed by atoms with Crippen molar-refractivity contribution < 1.29 is 19.4 Å². The zero-order valence-electron chi connectivity index (χ0n) is 11.0. The van der Waals surface area contributed by atoms with Crippen LogP contribution in [0.15, 0.2) is 30.3 Å². The predicted octanol–water partition coefficient (Wildman–Crippen LogP) is 1.66. The fourth-order valence-electron chi connectivity index (χ4n) is 1.70. The van der Waals surface area contributed by atoms with Gasteiger partial charge in [0.2, 0.25) is 0 Å². The van der Waals surface area contributed by atoms with E-state index in [0.717, 1.165) is 12.8 Å². The number of carbonyl (C=O) groups is 2. The lowest BCUT2D eigenvalue weighted by atomic mass is 9.87. The minimum atomic E-state index is -1.64. The molecule has 104 valence electrons. The highest BCUT2D eigenvalue weighted by molar-refractivity contribution is 5.87. The van der Waals surface area contributed by atoms with Crippen LogP contribution in [0.25, 0.3) is 0 Å². The fourth-order valence-corrected chi connectivity index (χ4v) is 1.70. The Balaban J connectivity index is 2.93. The van der Waals surface area contributed by atoms with Gasteiger partial charge < -0.3 is 15.6 Å². The molecule has 5 nitrogen and oxygen atoms in total. The van der Waals surface area contributed by atoms with Crippen LogP contribution in [-0.4, -0.2) is 23.7 Å². The number of rotatable bonds is 7. The highest BCUT2D eigenvalue weighted by Crippen LogP contribution is 2.24. The molecular formula is C14H19NO4. The number of hydrogen-bond donors (Lipinski definition) is 2. The van der Waals surface area contributed by atoms with Crippen LogP contribution in [0.5, 0.6) is 0 Å². The summed E-state index contributed by atoms with van der Waals surface area (Å²) >= 11 is 0. The van der Waals surface area contributed by atoms with Crippen molar-refractivity contribution in [3.63, 3.8) is 0 Å². The van der Waals surface area contributed by atoms with Gasteiger partial charge in [0, 0.05) is 0 Å². The Labute approximate surface area is 112 Å². The molecule has 0 saturated carbocycles. The van der Waals surface area contributed by atoms with Crippen LogP contribution >= 0.6 is 0 Å². The van der Waals surface area contributed by atoms with Crippen LogP contribution in [0.1, 0.15) is 31.7 Å². The van der Waals surface area contributed by atoms with Crippen molar-refractivity contribution in [1.29, 1.82) is 0 Å². The summed E-state index contributed by atoms with van der Waals surface area (Å²) in [7, 11) is 0. The number of aliphatic carboxylic acids is 1. The number of unbranched alkanes of at least 4 members (excludes halogenated alkanes) is 1. The summed E-state index contributed by atoms with van der Waals surface area (Å²) in [6.45, 7) is 2.22. The number of esters is 1. The Hall–Kier alpha value is -1.88. The van der Waals surface area contributed by atoms with Crippen LogP contribution in [0.3, 0.4) is 0 Å². The first-order valence-corrected chi connectivity index (χ1v) is 6.24. The van der Waals surface area contributed by atoms with Gasteiger partial charge in [-0.15, -0.1) is 0 Å². The quantitative estimate of drug-likeness (QED) is 0.578. The third-order valence-electron chi connectivity index (χ3n) is 2.81. The second kappa shape index (κ2) is 6.89. The average molecular weight is 265 g/mol.